The first-order valence-corrected chi connectivity index (χ1v) is 5.05. The zero-order valence-corrected chi connectivity index (χ0v) is 9.37. The highest BCUT2D eigenvalue weighted by Gasteiger charge is 2.24. The molecule has 0 saturated heterocycles. The molecule has 0 atom stereocenters. The Morgan fingerprint density at radius 1 is 1.38 bits per heavy atom. The molecule has 0 unspecified atom stereocenters. The second-order valence-electron chi connectivity index (χ2n) is 3.84. The number of aliphatic hydroxyl groups is 2. The molecule has 1 rings (SSSR count). The molecule has 0 saturated carbocycles. The average molecular weight is 229 g/mol. The summed E-state index contributed by atoms with van der Waals surface area (Å²) in [5.41, 5.74) is -0.698. The van der Waals surface area contributed by atoms with Gasteiger partial charge < -0.3 is 15.5 Å². The fourth-order valence-electron chi connectivity index (χ4n) is 1.15. The van der Waals surface area contributed by atoms with Crippen LogP contribution in [0.1, 0.15) is 19.5 Å². The number of rotatable bonds is 5. The monoisotopic (exact) mass is 229 g/mol. The smallest absolute Gasteiger partial charge is 0.186 e. The Morgan fingerprint density at radius 2 is 2.00 bits per heavy atom. The van der Waals surface area contributed by atoms with Gasteiger partial charge in [0, 0.05) is 0 Å². The van der Waals surface area contributed by atoms with Gasteiger partial charge in [-0.25, -0.2) is 14.4 Å². The van der Waals surface area contributed by atoms with Crippen LogP contribution in [0, 0.1) is 5.82 Å². The minimum atomic E-state index is -1.000. The van der Waals surface area contributed by atoms with Crippen LogP contribution in [-0.4, -0.2) is 38.9 Å². The predicted octanol–water partition coefficient (Wildman–Crippen LogP) is 0.333. The van der Waals surface area contributed by atoms with E-state index in [1.165, 1.54) is 6.33 Å². The molecule has 0 amide bonds. The van der Waals surface area contributed by atoms with Crippen molar-refractivity contribution >= 4 is 5.82 Å². The van der Waals surface area contributed by atoms with Crippen LogP contribution in [-0.2, 0) is 6.42 Å². The van der Waals surface area contributed by atoms with Crippen LogP contribution in [0.2, 0.25) is 0 Å². The first-order chi connectivity index (χ1) is 7.56. The van der Waals surface area contributed by atoms with Gasteiger partial charge >= 0.3 is 0 Å². The summed E-state index contributed by atoms with van der Waals surface area (Å²) in [6, 6.07) is 0. The third-order valence-electron chi connectivity index (χ3n) is 2.31. The lowest BCUT2D eigenvalue weighted by Crippen LogP contribution is -2.43. The quantitative estimate of drug-likeness (QED) is 0.678. The third kappa shape index (κ3) is 2.65. The second kappa shape index (κ2) is 5.18. The summed E-state index contributed by atoms with van der Waals surface area (Å²) in [4.78, 5) is 7.54. The maximum atomic E-state index is 13.7. The normalized spacial score (nSPS) is 11.6. The van der Waals surface area contributed by atoms with Crippen LogP contribution in [0.15, 0.2) is 6.33 Å². The number of aromatic nitrogens is 2. The van der Waals surface area contributed by atoms with Gasteiger partial charge in [-0.05, 0) is 13.3 Å². The van der Waals surface area contributed by atoms with Gasteiger partial charge in [-0.1, -0.05) is 6.92 Å². The van der Waals surface area contributed by atoms with E-state index in [1.54, 1.807) is 13.8 Å². The Morgan fingerprint density at radius 3 is 2.50 bits per heavy atom. The molecule has 1 aromatic rings. The van der Waals surface area contributed by atoms with E-state index in [0.29, 0.717) is 12.1 Å². The number of anilines is 1. The molecule has 5 nitrogen and oxygen atoms in total. The van der Waals surface area contributed by atoms with Crippen LogP contribution >= 0.6 is 0 Å². The van der Waals surface area contributed by atoms with E-state index in [2.05, 4.69) is 15.3 Å². The number of halogens is 1. The topological polar surface area (TPSA) is 78.3 Å². The average Bonchev–Trinajstić information content (AvgIpc) is 2.32. The molecule has 0 aromatic carbocycles. The zero-order chi connectivity index (χ0) is 12.2. The van der Waals surface area contributed by atoms with Crippen molar-refractivity contribution in [2.45, 2.75) is 25.8 Å². The van der Waals surface area contributed by atoms with E-state index in [-0.39, 0.29) is 19.0 Å². The predicted molar refractivity (Wildman–Crippen MR) is 57.6 cm³/mol. The van der Waals surface area contributed by atoms with Crippen molar-refractivity contribution in [3.63, 3.8) is 0 Å². The van der Waals surface area contributed by atoms with E-state index in [4.69, 9.17) is 10.2 Å². The summed E-state index contributed by atoms with van der Waals surface area (Å²) < 4.78 is 13.7. The van der Waals surface area contributed by atoms with Gasteiger partial charge in [-0.3, -0.25) is 0 Å². The van der Waals surface area contributed by atoms with Gasteiger partial charge in [0.1, 0.15) is 6.33 Å². The van der Waals surface area contributed by atoms with Gasteiger partial charge in [-0.15, -0.1) is 0 Å². The highest BCUT2D eigenvalue weighted by Crippen LogP contribution is 2.17. The summed E-state index contributed by atoms with van der Waals surface area (Å²) in [6.07, 6.45) is 1.71. The summed E-state index contributed by atoms with van der Waals surface area (Å²) >= 11 is 0. The molecule has 0 aliphatic rings. The Bertz CT molecular complexity index is 356. The van der Waals surface area contributed by atoms with Crippen molar-refractivity contribution in [1.29, 1.82) is 0 Å². The standard InChI is InChI=1S/C10H16FN3O2/c1-3-7-8(11)9(13-6-12-7)14-10(2,4-15)5-16/h6,15-16H,3-5H2,1-2H3,(H,12,13,14). The van der Waals surface area contributed by atoms with Gasteiger partial charge in [0.15, 0.2) is 11.6 Å². The lowest BCUT2D eigenvalue weighted by Gasteiger charge is -2.27. The molecule has 6 heteroatoms. The van der Waals surface area contributed by atoms with Gasteiger partial charge in [0.25, 0.3) is 0 Å². The maximum Gasteiger partial charge on any atom is 0.186 e. The molecule has 0 bridgehead atoms. The highest BCUT2D eigenvalue weighted by atomic mass is 19.1. The van der Waals surface area contributed by atoms with Crippen LogP contribution in [0.4, 0.5) is 10.2 Å². The van der Waals surface area contributed by atoms with Crippen molar-refractivity contribution in [2.24, 2.45) is 0 Å². The zero-order valence-electron chi connectivity index (χ0n) is 9.37. The molecule has 0 radical (unpaired) electrons. The molecule has 3 N–H and O–H groups in total. The van der Waals surface area contributed by atoms with Crippen molar-refractivity contribution in [3.05, 3.63) is 17.8 Å². The van der Waals surface area contributed by atoms with Gasteiger partial charge in [-0.2, -0.15) is 0 Å². The summed E-state index contributed by atoms with van der Waals surface area (Å²) in [7, 11) is 0. The molecule has 16 heavy (non-hydrogen) atoms. The van der Waals surface area contributed by atoms with Gasteiger partial charge in [0.05, 0.1) is 24.4 Å². The second-order valence-corrected chi connectivity index (χ2v) is 3.84. The fourth-order valence-corrected chi connectivity index (χ4v) is 1.15. The highest BCUT2D eigenvalue weighted by molar-refractivity contribution is 5.40. The van der Waals surface area contributed by atoms with Crippen molar-refractivity contribution < 1.29 is 14.6 Å². The Balaban J connectivity index is 2.97. The molecule has 1 heterocycles. The number of aliphatic hydroxyl groups excluding tert-OH is 2. The molecule has 90 valence electrons. The van der Waals surface area contributed by atoms with Crippen molar-refractivity contribution in [2.75, 3.05) is 18.5 Å². The third-order valence-corrected chi connectivity index (χ3v) is 2.31. The first-order valence-electron chi connectivity index (χ1n) is 5.05. The molecule has 0 aliphatic heterocycles. The largest absolute Gasteiger partial charge is 0.394 e. The van der Waals surface area contributed by atoms with Gasteiger partial charge in [0.2, 0.25) is 0 Å². The SMILES string of the molecule is CCc1ncnc(NC(C)(CO)CO)c1F. The van der Waals surface area contributed by atoms with Crippen LogP contribution in [0.5, 0.6) is 0 Å². The molecular formula is C10H16FN3O2. The van der Waals surface area contributed by atoms with E-state index < -0.39 is 11.4 Å². The lowest BCUT2D eigenvalue weighted by molar-refractivity contribution is 0.147. The molecule has 0 spiro atoms. The molecular weight excluding hydrogens is 213 g/mol. The number of nitrogens with one attached hydrogen (secondary N) is 1. The Hall–Kier alpha value is -1.27. The summed E-state index contributed by atoms with van der Waals surface area (Å²) in [5, 5.41) is 20.8. The fraction of sp³-hybridized carbons (Fsp3) is 0.600. The molecule has 0 aliphatic carbocycles. The molecule has 1 aromatic heterocycles. The Labute approximate surface area is 93.4 Å². The van der Waals surface area contributed by atoms with E-state index in [0.717, 1.165) is 0 Å². The van der Waals surface area contributed by atoms with Crippen LogP contribution in [0.3, 0.4) is 0 Å². The number of aryl methyl sites for hydroxylation is 1. The van der Waals surface area contributed by atoms with Crippen molar-refractivity contribution in [1.82, 2.24) is 9.97 Å². The Kier molecular flexibility index (Phi) is 4.14. The van der Waals surface area contributed by atoms with E-state index in [1.807, 2.05) is 0 Å². The summed E-state index contributed by atoms with van der Waals surface area (Å²) in [5.74, 6) is -0.546. The number of nitrogens with zero attached hydrogens (tertiary/aromatic N) is 2. The summed E-state index contributed by atoms with van der Waals surface area (Å²) in [6.45, 7) is 2.70. The van der Waals surface area contributed by atoms with E-state index >= 15 is 0 Å². The van der Waals surface area contributed by atoms with E-state index in [9.17, 15) is 4.39 Å². The maximum absolute atomic E-state index is 13.7. The number of hydrogen-bond acceptors (Lipinski definition) is 5. The van der Waals surface area contributed by atoms with Crippen LogP contribution < -0.4 is 5.32 Å². The molecule has 0 fully saturated rings. The minimum absolute atomic E-state index is 0.00236. The number of hydrogen-bond donors (Lipinski definition) is 3. The first kappa shape index (κ1) is 12.8. The van der Waals surface area contributed by atoms with Crippen LogP contribution in [0.25, 0.3) is 0 Å². The minimum Gasteiger partial charge on any atom is -0.394 e. The van der Waals surface area contributed by atoms with Crippen molar-refractivity contribution in [3.8, 4) is 0 Å². The lowest BCUT2D eigenvalue weighted by atomic mass is 10.1.